The predicted octanol–water partition coefficient (Wildman–Crippen LogP) is 11.6. The predicted molar refractivity (Wildman–Crippen MR) is 223 cm³/mol. The molecule has 0 fully saturated rings. The summed E-state index contributed by atoms with van der Waals surface area (Å²) in [5.74, 6) is 0. The van der Waals surface area contributed by atoms with Crippen LogP contribution in [-0.4, -0.2) is 14.4 Å². The molecule has 2 aliphatic rings. The van der Waals surface area contributed by atoms with Crippen LogP contribution in [0, 0.1) is 0 Å². The Balaban J connectivity index is 1.21. The lowest BCUT2D eigenvalue weighted by Crippen LogP contribution is -2.36. The summed E-state index contributed by atoms with van der Waals surface area (Å²) in [4.78, 5) is 1.39. The normalized spacial score (nSPS) is 15.1. The Labute approximate surface area is 308 Å². The molecule has 1 atom stereocenters. The van der Waals surface area contributed by atoms with Crippen molar-refractivity contribution >= 4 is 87.6 Å². The SMILES string of the molecule is C1=c2c(n(-c3ccccc3-c3ccccc3-n3c4ccccc4c4ccc5sc6ccccc6c5c43)c3ccccc23)=C2c3ccccc3SC2C1. The second kappa shape index (κ2) is 10.8. The second-order valence-corrected chi connectivity index (χ2v) is 16.2. The molecule has 1 aliphatic heterocycles. The van der Waals surface area contributed by atoms with Crippen molar-refractivity contribution < 1.29 is 0 Å². The van der Waals surface area contributed by atoms with E-state index in [9.17, 15) is 0 Å². The third-order valence-electron chi connectivity index (χ3n) is 11.2. The van der Waals surface area contributed by atoms with Crippen molar-refractivity contribution in [3.63, 3.8) is 0 Å². The first kappa shape index (κ1) is 28.8. The highest BCUT2D eigenvalue weighted by molar-refractivity contribution is 8.00. The minimum atomic E-state index is 0.410. The Morgan fingerprint density at radius 3 is 1.90 bits per heavy atom. The minimum absolute atomic E-state index is 0.410. The van der Waals surface area contributed by atoms with Crippen molar-refractivity contribution in [2.75, 3.05) is 0 Å². The van der Waals surface area contributed by atoms with Gasteiger partial charge in [0, 0.05) is 62.8 Å². The zero-order valence-electron chi connectivity index (χ0n) is 28.1. The van der Waals surface area contributed by atoms with E-state index in [1.165, 1.54) is 102 Å². The van der Waals surface area contributed by atoms with Crippen molar-refractivity contribution in [3.8, 4) is 22.5 Å². The molecule has 1 aliphatic carbocycles. The lowest BCUT2D eigenvalue weighted by molar-refractivity contribution is 1.01. The molecule has 4 heteroatoms. The molecule has 0 N–H and O–H groups in total. The number of thiophene rings is 1. The minimum Gasteiger partial charge on any atom is -0.308 e. The zero-order valence-corrected chi connectivity index (χ0v) is 29.7. The molecule has 244 valence electrons. The Bertz CT molecular complexity index is 3260. The Kier molecular flexibility index (Phi) is 6.02. The molecule has 0 spiro atoms. The van der Waals surface area contributed by atoms with Crippen LogP contribution < -0.4 is 10.6 Å². The largest absolute Gasteiger partial charge is 0.308 e. The molecule has 3 aromatic heterocycles. The summed E-state index contributed by atoms with van der Waals surface area (Å²) in [5.41, 5.74) is 11.4. The van der Waals surface area contributed by atoms with E-state index in [-0.39, 0.29) is 0 Å². The molecule has 52 heavy (non-hydrogen) atoms. The van der Waals surface area contributed by atoms with Crippen LogP contribution in [0.4, 0.5) is 0 Å². The number of nitrogens with zero attached hydrogens (tertiary/aromatic N) is 2. The highest BCUT2D eigenvalue weighted by Crippen LogP contribution is 2.47. The van der Waals surface area contributed by atoms with E-state index in [1.807, 2.05) is 23.1 Å². The first-order valence-electron chi connectivity index (χ1n) is 18.0. The molecular formula is C48H30N2S2. The molecule has 2 nitrogen and oxygen atoms in total. The van der Waals surface area contributed by atoms with E-state index in [1.54, 1.807) is 0 Å². The maximum Gasteiger partial charge on any atom is 0.0634 e. The number of hydrogen-bond donors (Lipinski definition) is 0. The lowest BCUT2D eigenvalue weighted by Gasteiger charge is -2.20. The molecule has 0 saturated heterocycles. The van der Waals surface area contributed by atoms with Crippen LogP contribution in [0.15, 0.2) is 163 Å². The molecule has 7 aromatic carbocycles. The van der Waals surface area contributed by atoms with Gasteiger partial charge in [0.15, 0.2) is 0 Å². The van der Waals surface area contributed by atoms with Crippen molar-refractivity contribution in [2.45, 2.75) is 16.6 Å². The Morgan fingerprint density at radius 2 is 1.10 bits per heavy atom. The molecule has 0 radical (unpaired) electrons. The van der Waals surface area contributed by atoms with Crippen LogP contribution in [0.1, 0.15) is 12.0 Å². The van der Waals surface area contributed by atoms with Gasteiger partial charge in [-0.3, -0.25) is 0 Å². The van der Waals surface area contributed by atoms with Gasteiger partial charge in [-0.1, -0.05) is 121 Å². The third kappa shape index (κ3) is 3.86. The van der Waals surface area contributed by atoms with Crippen LogP contribution in [0.3, 0.4) is 0 Å². The van der Waals surface area contributed by atoms with E-state index >= 15 is 0 Å². The van der Waals surface area contributed by atoms with E-state index in [4.69, 9.17) is 0 Å². The fourth-order valence-electron chi connectivity index (χ4n) is 9.14. The molecule has 10 aromatic rings. The van der Waals surface area contributed by atoms with Crippen LogP contribution in [0.25, 0.3) is 87.0 Å². The summed E-state index contributed by atoms with van der Waals surface area (Å²) in [6.45, 7) is 0. The van der Waals surface area contributed by atoms with Crippen molar-refractivity contribution in [2.24, 2.45) is 0 Å². The zero-order chi connectivity index (χ0) is 33.9. The first-order valence-corrected chi connectivity index (χ1v) is 19.7. The van der Waals surface area contributed by atoms with Gasteiger partial charge in [0.2, 0.25) is 0 Å². The summed E-state index contributed by atoms with van der Waals surface area (Å²) < 4.78 is 7.76. The van der Waals surface area contributed by atoms with E-state index in [0.29, 0.717) is 5.25 Å². The Hall–Kier alpha value is -5.81. The molecule has 0 bridgehead atoms. The van der Waals surface area contributed by atoms with Crippen molar-refractivity contribution in [1.29, 1.82) is 0 Å². The topological polar surface area (TPSA) is 9.86 Å². The van der Waals surface area contributed by atoms with E-state index < -0.39 is 0 Å². The highest BCUT2D eigenvalue weighted by atomic mass is 32.2. The van der Waals surface area contributed by atoms with Gasteiger partial charge >= 0.3 is 0 Å². The van der Waals surface area contributed by atoms with Crippen molar-refractivity contribution in [1.82, 2.24) is 9.13 Å². The molecule has 4 heterocycles. The number of fused-ring (bicyclic) bond motifs is 13. The number of para-hydroxylation sites is 4. The summed E-state index contributed by atoms with van der Waals surface area (Å²) in [5, 5.41) is 9.63. The number of rotatable bonds is 3. The number of benzene rings is 7. The smallest absolute Gasteiger partial charge is 0.0634 e. The molecular weight excluding hydrogens is 669 g/mol. The molecule has 0 saturated carbocycles. The maximum absolute atomic E-state index is 2.58. The maximum atomic E-state index is 2.58. The van der Waals surface area contributed by atoms with Crippen LogP contribution in [-0.2, 0) is 0 Å². The fraction of sp³-hybridized carbons (Fsp3) is 0.0417. The van der Waals surface area contributed by atoms with E-state index in [2.05, 4.69) is 173 Å². The van der Waals surface area contributed by atoms with Gasteiger partial charge in [-0.05, 0) is 60.0 Å². The van der Waals surface area contributed by atoms with Gasteiger partial charge in [-0.25, -0.2) is 0 Å². The van der Waals surface area contributed by atoms with Gasteiger partial charge in [0.1, 0.15) is 0 Å². The fourth-order valence-corrected chi connectivity index (χ4v) is 11.6. The average Bonchev–Trinajstić information content (AvgIpc) is 3.95. The summed E-state index contributed by atoms with van der Waals surface area (Å²) in [6.07, 6.45) is 3.53. The molecule has 12 rings (SSSR count). The third-order valence-corrected chi connectivity index (χ3v) is 13.7. The van der Waals surface area contributed by atoms with Crippen molar-refractivity contribution in [3.05, 3.63) is 174 Å². The summed E-state index contributed by atoms with van der Waals surface area (Å²) >= 11 is 3.90. The van der Waals surface area contributed by atoms with Gasteiger partial charge < -0.3 is 9.13 Å². The number of aromatic nitrogens is 2. The first-order chi connectivity index (χ1) is 25.8. The van der Waals surface area contributed by atoms with Gasteiger partial charge in [-0.15, -0.1) is 23.1 Å². The van der Waals surface area contributed by atoms with Gasteiger partial charge in [0.05, 0.1) is 33.3 Å². The summed E-state index contributed by atoms with van der Waals surface area (Å²) in [7, 11) is 0. The van der Waals surface area contributed by atoms with Crippen LogP contribution >= 0.6 is 23.1 Å². The van der Waals surface area contributed by atoms with Crippen LogP contribution in [0.2, 0.25) is 0 Å². The second-order valence-electron chi connectivity index (χ2n) is 13.9. The van der Waals surface area contributed by atoms with E-state index in [0.717, 1.165) is 6.42 Å². The van der Waals surface area contributed by atoms with Gasteiger partial charge in [-0.2, -0.15) is 0 Å². The average molecular weight is 699 g/mol. The van der Waals surface area contributed by atoms with Gasteiger partial charge in [0.25, 0.3) is 0 Å². The molecule has 1 unspecified atom stereocenters. The quantitative estimate of drug-likeness (QED) is 0.179. The number of hydrogen-bond acceptors (Lipinski definition) is 2. The summed E-state index contributed by atoms with van der Waals surface area (Å²) in [6, 6.07) is 58.5. The monoisotopic (exact) mass is 698 g/mol. The lowest BCUT2D eigenvalue weighted by atomic mass is 9.96. The standard InChI is InChI=1S/C48H30N2S2/c1-7-19-37(49-39-21-9-3-15-31(39)33-25-27-43-45(47(33)49)35-17-5-11-23-41(35)51-43)29(13-1)30-14-2-8-20-38(30)50-40-22-10-4-16-32(40)34-26-28-44-46(48(34)50)36-18-6-12-24-42(36)52-44/h1-27,44H,28H2. The van der Waals surface area contributed by atoms with Crippen LogP contribution in [0.5, 0.6) is 0 Å². The molecule has 0 amide bonds. The number of thioether (sulfide) groups is 1. The Morgan fingerprint density at radius 1 is 0.481 bits per heavy atom. The highest BCUT2D eigenvalue weighted by Gasteiger charge is 2.32.